The maximum atomic E-state index is 12.2. The first-order valence-corrected chi connectivity index (χ1v) is 9.28. The molecule has 0 unspecified atom stereocenters. The second-order valence-corrected chi connectivity index (χ2v) is 8.18. The fraction of sp³-hybridized carbons (Fsp3) is 0.789. The van der Waals surface area contributed by atoms with Gasteiger partial charge in [0.15, 0.2) is 0 Å². The van der Waals surface area contributed by atoms with E-state index >= 15 is 0 Å². The molecule has 6 heteroatoms. The van der Waals surface area contributed by atoms with Crippen LogP contribution in [0.25, 0.3) is 0 Å². The van der Waals surface area contributed by atoms with Crippen LogP contribution in [0.2, 0.25) is 0 Å². The first kappa shape index (κ1) is 19.8. The highest BCUT2D eigenvalue weighted by Crippen LogP contribution is 2.31. The van der Waals surface area contributed by atoms with Gasteiger partial charge in [0.25, 0.3) is 0 Å². The zero-order chi connectivity index (χ0) is 18.7. The lowest BCUT2D eigenvalue weighted by atomic mass is 9.88. The van der Waals surface area contributed by atoms with Crippen LogP contribution >= 0.6 is 0 Å². The number of piperidine rings is 1. The Hall–Kier alpha value is -1.56. The van der Waals surface area contributed by atoms with Gasteiger partial charge in [0.05, 0.1) is 30.4 Å². The van der Waals surface area contributed by atoms with Crippen molar-refractivity contribution in [2.45, 2.75) is 84.7 Å². The number of hydrogen-bond acceptors (Lipinski definition) is 4. The van der Waals surface area contributed by atoms with E-state index in [-0.39, 0.29) is 11.7 Å². The molecular weight excluding hydrogens is 318 g/mol. The predicted molar refractivity (Wildman–Crippen MR) is 97.5 cm³/mol. The van der Waals surface area contributed by atoms with Crippen LogP contribution in [0.4, 0.5) is 4.79 Å². The minimum Gasteiger partial charge on any atom is -0.444 e. The van der Waals surface area contributed by atoms with E-state index in [1.807, 2.05) is 33.3 Å². The number of carbonyl (C=O) groups is 1. The Labute approximate surface area is 151 Å². The van der Waals surface area contributed by atoms with Crippen molar-refractivity contribution in [1.82, 2.24) is 14.5 Å². The van der Waals surface area contributed by atoms with E-state index in [0.29, 0.717) is 25.7 Å². The van der Waals surface area contributed by atoms with Crippen LogP contribution in [0.1, 0.15) is 72.5 Å². The number of hydrogen-bond donors (Lipinski definition) is 0. The van der Waals surface area contributed by atoms with Crippen LogP contribution in [-0.2, 0) is 16.1 Å². The van der Waals surface area contributed by atoms with Crippen molar-refractivity contribution >= 4 is 6.09 Å². The summed E-state index contributed by atoms with van der Waals surface area (Å²) < 4.78 is 14.0. The molecule has 0 atom stereocenters. The van der Waals surface area contributed by atoms with Crippen LogP contribution in [0.3, 0.4) is 0 Å². The smallest absolute Gasteiger partial charge is 0.410 e. The molecule has 1 aromatic heterocycles. The van der Waals surface area contributed by atoms with E-state index in [9.17, 15) is 4.79 Å². The number of carbonyl (C=O) groups excluding carboxylic acids is 1. The molecule has 0 saturated carbocycles. The third kappa shape index (κ3) is 5.21. The molecule has 1 fully saturated rings. The molecule has 0 N–H and O–H groups in total. The molecule has 6 nitrogen and oxygen atoms in total. The van der Waals surface area contributed by atoms with Crippen molar-refractivity contribution in [2.75, 3.05) is 13.1 Å². The first-order valence-electron chi connectivity index (χ1n) is 9.28. The number of ether oxygens (including phenoxy) is 2. The van der Waals surface area contributed by atoms with Gasteiger partial charge in [-0.25, -0.2) is 9.78 Å². The lowest BCUT2D eigenvalue weighted by molar-refractivity contribution is -0.0971. The highest BCUT2D eigenvalue weighted by atomic mass is 16.6. The minimum absolute atomic E-state index is 0.176. The number of amides is 1. The molecule has 0 aliphatic carbocycles. The molecule has 1 saturated heterocycles. The van der Waals surface area contributed by atoms with Crippen molar-refractivity contribution in [3.05, 3.63) is 18.2 Å². The number of rotatable bonds is 5. The van der Waals surface area contributed by atoms with Gasteiger partial charge in [-0.3, -0.25) is 0 Å². The summed E-state index contributed by atoms with van der Waals surface area (Å²) in [6.07, 6.45) is 6.10. The maximum Gasteiger partial charge on any atom is 0.410 e. The summed E-state index contributed by atoms with van der Waals surface area (Å²) >= 11 is 0. The summed E-state index contributed by atoms with van der Waals surface area (Å²) in [7, 11) is 0. The SMILES string of the molecule is CCC1(OCc2cncn2C(C)C)CCN(C(=O)OC(C)(C)C)CC1. The van der Waals surface area contributed by atoms with Crippen molar-refractivity contribution in [3.63, 3.8) is 0 Å². The van der Waals surface area contributed by atoms with Crippen molar-refractivity contribution in [3.8, 4) is 0 Å². The van der Waals surface area contributed by atoms with Gasteiger partial charge in [-0.1, -0.05) is 6.92 Å². The fourth-order valence-corrected chi connectivity index (χ4v) is 3.16. The van der Waals surface area contributed by atoms with E-state index < -0.39 is 5.60 Å². The number of nitrogens with zero attached hydrogens (tertiary/aromatic N) is 3. The van der Waals surface area contributed by atoms with Crippen LogP contribution in [0, 0.1) is 0 Å². The van der Waals surface area contributed by atoms with Gasteiger partial charge in [0, 0.05) is 19.1 Å². The summed E-state index contributed by atoms with van der Waals surface area (Å²) in [6, 6.07) is 0.368. The summed E-state index contributed by atoms with van der Waals surface area (Å²) in [5.74, 6) is 0. The van der Waals surface area contributed by atoms with Gasteiger partial charge in [0.2, 0.25) is 0 Å². The second kappa shape index (κ2) is 7.77. The molecule has 0 aromatic carbocycles. The Kier molecular flexibility index (Phi) is 6.14. The average molecular weight is 351 g/mol. The van der Waals surface area contributed by atoms with Crippen LogP contribution < -0.4 is 0 Å². The quantitative estimate of drug-likeness (QED) is 0.799. The number of likely N-dealkylation sites (tertiary alicyclic amines) is 1. The van der Waals surface area contributed by atoms with Crippen LogP contribution in [-0.4, -0.2) is 44.8 Å². The van der Waals surface area contributed by atoms with Crippen molar-refractivity contribution in [2.24, 2.45) is 0 Å². The molecule has 2 heterocycles. The molecule has 0 spiro atoms. The van der Waals surface area contributed by atoms with E-state index in [0.717, 1.165) is 25.0 Å². The van der Waals surface area contributed by atoms with Gasteiger partial charge < -0.3 is 18.9 Å². The average Bonchev–Trinajstić information content (AvgIpc) is 3.00. The van der Waals surface area contributed by atoms with E-state index in [4.69, 9.17) is 9.47 Å². The second-order valence-electron chi connectivity index (χ2n) is 8.18. The first-order chi connectivity index (χ1) is 11.7. The Bertz CT molecular complexity index is 567. The monoisotopic (exact) mass is 351 g/mol. The molecular formula is C19H33N3O3. The lowest BCUT2D eigenvalue weighted by Gasteiger charge is -2.41. The van der Waals surface area contributed by atoms with Gasteiger partial charge in [-0.2, -0.15) is 0 Å². The highest BCUT2D eigenvalue weighted by Gasteiger charge is 2.36. The molecule has 1 amide bonds. The van der Waals surface area contributed by atoms with Crippen LogP contribution in [0.15, 0.2) is 12.5 Å². The number of imidazole rings is 1. The largest absolute Gasteiger partial charge is 0.444 e. The molecule has 25 heavy (non-hydrogen) atoms. The Balaban J connectivity index is 1.92. The number of aromatic nitrogens is 2. The minimum atomic E-state index is -0.456. The lowest BCUT2D eigenvalue weighted by Crippen LogP contribution is -2.49. The molecule has 1 aromatic rings. The normalized spacial score (nSPS) is 17.8. The molecule has 0 radical (unpaired) electrons. The summed E-state index contributed by atoms with van der Waals surface area (Å²) in [5.41, 5.74) is 0.463. The van der Waals surface area contributed by atoms with E-state index in [1.165, 1.54) is 0 Å². The molecule has 0 bridgehead atoms. The topological polar surface area (TPSA) is 56.6 Å². The Morgan fingerprint density at radius 1 is 1.32 bits per heavy atom. The van der Waals surface area contributed by atoms with Gasteiger partial charge in [-0.15, -0.1) is 0 Å². The van der Waals surface area contributed by atoms with E-state index in [1.54, 1.807) is 4.90 Å². The summed E-state index contributed by atoms with van der Waals surface area (Å²) in [4.78, 5) is 18.3. The summed E-state index contributed by atoms with van der Waals surface area (Å²) in [6.45, 7) is 14.0. The molecule has 1 aliphatic rings. The standard InChI is InChI=1S/C19H33N3O3/c1-7-19(24-13-16-12-20-14-22(16)15(2)3)8-10-21(11-9-19)17(23)25-18(4,5)6/h12,14-15H,7-11,13H2,1-6H3. The van der Waals surface area contributed by atoms with Crippen molar-refractivity contribution in [1.29, 1.82) is 0 Å². The fourth-order valence-electron chi connectivity index (χ4n) is 3.16. The third-order valence-electron chi connectivity index (χ3n) is 4.80. The molecule has 2 rings (SSSR count). The Morgan fingerprint density at radius 2 is 1.96 bits per heavy atom. The van der Waals surface area contributed by atoms with Gasteiger partial charge >= 0.3 is 6.09 Å². The zero-order valence-corrected chi connectivity index (χ0v) is 16.5. The summed E-state index contributed by atoms with van der Waals surface area (Å²) in [5, 5.41) is 0. The van der Waals surface area contributed by atoms with Gasteiger partial charge in [-0.05, 0) is 53.9 Å². The highest BCUT2D eigenvalue weighted by molar-refractivity contribution is 5.68. The van der Waals surface area contributed by atoms with E-state index in [2.05, 4.69) is 30.3 Å². The van der Waals surface area contributed by atoms with Crippen LogP contribution in [0.5, 0.6) is 0 Å². The predicted octanol–water partition coefficient (Wildman–Crippen LogP) is 4.16. The van der Waals surface area contributed by atoms with Crippen molar-refractivity contribution < 1.29 is 14.3 Å². The zero-order valence-electron chi connectivity index (χ0n) is 16.5. The Morgan fingerprint density at radius 3 is 2.48 bits per heavy atom. The molecule has 142 valence electrons. The maximum absolute atomic E-state index is 12.2. The third-order valence-corrected chi connectivity index (χ3v) is 4.80. The van der Waals surface area contributed by atoms with Gasteiger partial charge in [0.1, 0.15) is 5.60 Å². The molecule has 1 aliphatic heterocycles.